The first-order valence-electron chi connectivity index (χ1n) is 3.85. The minimum absolute atomic E-state index is 0.0573. The molecule has 1 aromatic carbocycles. The van der Waals surface area contributed by atoms with Gasteiger partial charge in [0.1, 0.15) is 12.1 Å². The summed E-state index contributed by atoms with van der Waals surface area (Å²) in [7, 11) is 0. The quantitative estimate of drug-likeness (QED) is 0.573. The highest BCUT2D eigenvalue weighted by atomic mass is 16.6. The molecule has 6 nitrogen and oxygen atoms in total. The number of non-ortho nitro benzene ring substituents is 1. The van der Waals surface area contributed by atoms with Gasteiger partial charge in [-0.2, -0.15) is 0 Å². The van der Waals surface area contributed by atoms with Crippen LogP contribution in [0.2, 0.25) is 0 Å². The zero-order valence-electron chi connectivity index (χ0n) is 7.01. The molecular weight excluding hydrogens is 188 g/mol. The van der Waals surface area contributed by atoms with Gasteiger partial charge in [-0.05, 0) is 6.07 Å². The van der Waals surface area contributed by atoms with Crippen molar-refractivity contribution in [3.8, 4) is 0 Å². The number of nitro groups is 1. The van der Waals surface area contributed by atoms with Crippen molar-refractivity contribution in [2.75, 3.05) is 0 Å². The molecule has 1 heterocycles. The number of aliphatic hydroxyl groups excluding tert-OH is 1. The van der Waals surface area contributed by atoms with E-state index in [0.717, 1.165) is 0 Å². The van der Waals surface area contributed by atoms with Crippen LogP contribution in [0.1, 0.15) is 5.89 Å². The molecule has 0 bridgehead atoms. The van der Waals surface area contributed by atoms with Crippen LogP contribution in [0.5, 0.6) is 0 Å². The number of aromatic nitrogens is 1. The molecule has 0 atom stereocenters. The van der Waals surface area contributed by atoms with Crippen molar-refractivity contribution in [1.29, 1.82) is 0 Å². The van der Waals surface area contributed by atoms with Gasteiger partial charge in [0, 0.05) is 6.07 Å². The molecule has 1 N–H and O–H groups in total. The van der Waals surface area contributed by atoms with E-state index >= 15 is 0 Å². The third-order valence-corrected chi connectivity index (χ3v) is 1.76. The number of fused-ring (bicyclic) bond motifs is 1. The van der Waals surface area contributed by atoms with Crippen LogP contribution in [-0.2, 0) is 6.61 Å². The molecule has 0 unspecified atom stereocenters. The molecule has 72 valence electrons. The number of oxazole rings is 1. The first kappa shape index (κ1) is 8.64. The first-order valence-corrected chi connectivity index (χ1v) is 3.85. The average molecular weight is 194 g/mol. The Hall–Kier alpha value is -1.95. The summed E-state index contributed by atoms with van der Waals surface area (Å²) in [5.41, 5.74) is 0.751. The average Bonchev–Trinajstić information content (AvgIpc) is 2.58. The Morgan fingerprint density at radius 3 is 3.00 bits per heavy atom. The predicted molar refractivity (Wildman–Crippen MR) is 46.6 cm³/mol. The van der Waals surface area contributed by atoms with Crippen molar-refractivity contribution < 1.29 is 14.4 Å². The van der Waals surface area contributed by atoms with E-state index in [-0.39, 0.29) is 18.2 Å². The van der Waals surface area contributed by atoms with Gasteiger partial charge in [-0.1, -0.05) is 0 Å². The normalized spacial score (nSPS) is 10.6. The van der Waals surface area contributed by atoms with Crippen LogP contribution < -0.4 is 0 Å². The lowest BCUT2D eigenvalue weighted by atomic mass is 10.3. The van der Waals surface area contributed by atoms with Crippen molar-refractivity contribution in [2.45, 2.75) is 6.61 Å². The minimum atomic E-state index is -0.513. The topological polar surface area (TPSA) is 89.4 Å². The summed E-state index contributed by atoms with van der Waals surface area (Å²) in [5, 5.41) is 19.1. The van der Waals surface area contributed by atoms with Gasteiger partial charge in [-0.3, -0.25) is 10.1 Å². The summed E-state index contributed by atoms with van der Waals surface area (Å²) >= 11 is 0. The van der Waals surface area contributed by atoms with Gasteiger partial charge in [-0.25, -0.2) is 4.98 Å². The van der Waals surface area contributed by atoms with Crippen LogP contribution in [0.4, 0.5) is 5.69 Å². The summed E-state index contributed by atoms with van der Waals surface area (Å²) < 4.78 is 5.04. The van der Waals surface area contributed by atoms with Gasteiger partial charge in [0.15, 0.2) is 5.58 Å². The molecule has 0 spiro atoms. The smallest absolute Gasteiger partial charge is 0.273 e. The van der Waals surface area contributed by atoms with E-state index in [2.05, 4.69) is 4.98 Å². The third kappa shape index (κ3) is 1.31. The maximum Gasteiger partial charge on any atom is 0.273 e. The van der Waals surface area contributed by atoms with Gasteiger partial charge in [0.2, 0.25) is 5.89 Å². The summed E-state index contributed by atoms with van der Waals surface area (Å²) in [6.07, 6.45) is 0. The highest BCUT2D eigenvalue weighted by molar-refractivity contribution is 5.75. The summed E-state index contributed by atoms with van der Waals surface area (Å²) in [6, 6.07) is 4.10. The monoisotopic (exact) mass is 194 g/mol. The summed E-state index contributed by atoms with van der Waals surface area (Å²) in [6.45, 7) is -0.317. The van der Waals surface area contributed by atoms with E-state index in [1.165, 1.54) is 18.2 Å². The van der Waals surface area contributed by atoms with E-state index < -0.39 is 4.92 Å². The molecule has 0 radical (unpaired) electrons. The second-order valence-electron chi connectivity index (χ2n) is 2.67. The van der Waals surface area contributed by atoms with E-state index in [1.54, 1.807) is 0 Å². The predicted octanol–water partition coefficient (Wildman–Crippen LogP) is 1.23. The van der Waals surface area contributed by atoms with Crippen molar-refractivity contribution in [3.05, 3.63) is 34.2 Å². The van der Waals surface area contributed by atoms with Crippen LogP contribution >= 0.6 is 0 Å². The van der Waals surface area contributed by atoms with Crippen molar-refractivity contribution >= 4 is 16.8 Å². The standard InChI is InChI=1S/C8H6N2O4/c11-4-8-9-6-2-1-5(10(12)13)3-7(6)14-8/h1-3,11H,4H2. The Morgan fingerprint density at radius 1 is 1.57 bits per heavy atom. The maximum atomic E-state index is 10.4. The second-order valence-corrected chi connectivity index (χ2v) is 2.67. The first-order chi connectivity index (χ1) is 6.70. The molecule has 0 aliphatic carbocycles. The van der Waals surface area contributed by atoms with Crippen molar-refractivity contribution in [1.82, 2.24) is 4.98 Å². The van der Waals surface area contributed by atoms with Crippen LogP contribution in [0.25, 0.3) is 11.1 Å². The summed E-state index contributed by atoms with van der Waals surface area (Å²) in [5.74, 6) is 0.153. The Kier molecular flexibility index (Phi) is 1.90. The van der Waals surface area contributed by atoms with Crippen LogP contribution in [0, 0.1) is 10.1 Å². The van der Waals surface area contributed by atoms with Crippen molar-refractivity contribution in [2.24, 2.45) is 0 Å². The Labute approximate surface area is 77.9 Å². The van der Waals surface area contributed by atoms with E-state index in [1.807, 2.05) is 0 Å². The molecule has 1 aromatic heterocycles. The zero-order valence-corrected chi connectivity index (χ0v) is 7.01. The molecule has 2 aromatic rings. The van der Waals surface area contributed by atoms with Gasteiger partial charge in [-0.15, -0.1) is 0 Å². The number of benzene rings is 1. The van der Waals surface area contributed by atoms with E-state index in [0.29, 0.717) is 11.1 Å². The largest absolute Gasteiger partial charge is 0.438 e. The minimum Gasteiger partial charge on any atom is -0.438 e. The molecule has 0 amide bonds. The second kappa shape index (κ2) is 3.08. The summed E-state index contributed by atoms with van der Waals surface area (Å²) in [4.78, 5) is 13.8. The maximum absolute atomic E-state index is 10.4. The number of nitro benzene ring substituents is 1. The van der Waals surface area contributed by atoms with E-state index in [4.69, 9.17) is 9.52 Å². The lowest BCUT2D eigenvalue weighted by Crippen LogP contribution is -1.86. The lowest BCUT2D eigenvalue weighted by molar-refractivity contribution is -0.384. The molecule has 6 heteroatoms. The molecule has 2 rings (SSSR count). The lowest BCUT2D eigenvalue weighted by Gasteiger charge is -1.88. The van der Waals surface area contributed by atoms with Crippen LogP contribution in [0.3, 0.4) is 0 Å². The van der Waals surface area contributed by atoms with Crippen LogP contribution in [-0.4, -0.2) is 15.0 Å². The number of hydrogen-bond donors (Lipinski definition) is 1. The van der Waals surface area contributed by atoms with Gasteiger partial charge >= 0.3 is 0 Å². The highest BCUT2D eigenvalue weighted by Gasteiger charge is 2.10. The van der Waals surface area contributed by atoms with Crippen LogP contribution in [0.15, 0.2) is 22.6 Å². The number of aliphatic hydroxyl groups is 1. The fraction of sp³-hybridized carbons (Fsp3) is 0.125. The van der Waals surface area contributed by atoms with Gasteiger partial charge < -0.3 is 9.52 Å². The fourth-order valence-electron chi connectivity index (χ4n) is 1.14. The molecule has 0 aliphatic rings. The number of nitrogens with zero attached hydrogens (tertiary/aromatic N) is 2. The molecule has 14 heavy (non-hydrogen) atoms. The molecule has 0 fully saturated rings. The number of hydrogen-bond acceptors (Lipinski definition) is 5. The Bertz CT molecular complexity index is 491. The highest BCUT2D eigenvalue weighted by Crippen LogP contribution is 2.21. The van der Waals surface area contributed by atoms with Gasteiger partial charge in [0.25, 0.3) is 5.69 Å². The zero-order chi connectivity index (χ0) is 10.1. The third-order valence-electron chi connectivity index (χ3n) is 1.76. The Morgan fingerprint density at radius 2 is 2.36 bits per heavy atom. The number of rotatable bonds is 2. The van der Waals surface area contributed by atoms with Gasteiger partial charge in [0.05, 0.1) is 11.0 Å². The molecular formula is C8H6N2O4. The van der Waals surface area contributed by atoms with Crippen molar-refractivity contribution in [3.63, 3.8) is 0 Å². The molecule has 0 aliphatic heterocycles. The molecule has 0 saturated heterocycles. The SMILES string of the molecule is O=[N+]([O-])c1ccc2nc(CO)oc2c1. The molecule has 0 saturated carbocycles. The fourth-order valence-corrected chi connectivity index (χ4v) is 1.14. The van der Waals surface area contributed by atoms with E-state index in [9.17, 15) is 10.1 Å². The Balaban J connectivity index is 2.59.